The van der Waals surface area contributed by atoms with Crippen molar-refractivity contribution < 1.29 is 4.79 Å². The average molecular weight is 216 g/mol. The van der Waals surface area contributed by atoms with E-state index >= 15 is 0 Å². The summed E-state index contributed by atoms with van der Waals surface area (Å²) in [5.41, 5.74) is 6.34. The molecule has 0 aliphatic rings. The first-order valence-electron chi connectivity index (χ1n) is 4.98. The Morgan fingerprint density at radius 2 is 2.12 bits per heavy atom. The number of nitrogens with one attached hydrogen (secondary N) is 1. The van der Waals surface area contributed by atoms with Crippen LogP contribution in [0.3, 0.4) is 0 Å². The number of carbonyl (C=O) groups excluding carboxylic acids is 1. The quantitative estimate of drug-likeness (QED) is 0.735. The lowest BCUT2D eigenvalue weighted by Gasteiger charge is -2.07. The van der Waals surface area contributed by atoms with E-state index in [2.05, 4.69) is 15.3 Å². The Kier molecular flexibility index (Phi) is 3.07. The van der Waals surface area contributed by atoms with Crippen molar-refractivity contribution in [2.75, 3.05) is 11.9 Å². The zero-order valence-electron chi connectivity index (χ0n) is 8.68. The molecular weight excluding hydrogens is 204 g/mol. The van der Waals surface area contributed by atoms with Crippen LogP contribution in [0, 0.1) is 0 Å². The molecule has 82 valence electrons. The Morgan fingerprint density at radius 3 is 2.88 bits per heavy atom. The minimum absolute atomic E-state index is 0.227. The summed E-state index contributed by atoms with van der Waals surface area (Å²) in [6, 6.07) is 7.60. The van der Waals surface area contributed by atoms with E-state index in [1.807, 2.05) is 24.3 Å². The zero-order chi connectivity index (χ0) is 11.4. The van der Waals surface area contributed by atoms with Crippen molar-refractivity contribution in [3.63, 3.8) is 0 Å². The molecule has 0 bridgehead atoms. The van der Waals surface area contributed by atoms with Crippen molar-refractivity contribution in [2.45, 2.75) is 6.54 Å². The molecule has 3 N–H and O–H groups in total. The van der Waals surface area contributed by atoms with Crippen LogP contribution in [0.1, 0.15) is 5.82 Å². The van der Waals surface area contributed by atoms with Gasteiger partial charge in [-0.3, -0.25) is 0 Å². The molecule has 0 amide bonds. The summed E-state index contributed by atoms with van der Waals surface area (Å²) in [5, 5.41) is 3.83. The molecule has 0 aliphatic heterocycles. The largest absolute Gasteiger partial charge is 0.363 e. The Balaban J connectivity index is 2.54. The van der Waals surface area contributed by atoms with Crippen molar-refractivity contribution in [1.29, 1.82) is 0 Å². The van der Waals surface area contributed by atoms with Crippen LogP contribution in [-0.4, -0.2) is 22.8 Å². The highest BCUT2D eigenvalue weighted by molar-refractivity contribution is 5.89. The van der Waals surface area contributed by atoms with Gasteiger partial charge in [-0.25, -0.2) is 9.97 Å². The van der Waals surface area contributed by atoms with Crippen LogP contribution >= 0.6 is 0 Å². The number of hydrogen-bond donors (Lipinski definition) is 2. The fourth-order valence-corrected chi connectivity index (χ4v) is 1.49. The third kappa shape index (κ3) is 1.99. The van der Waals surface area contributed by atoms with Gasteiger partial charge in [-0.05, 0) is 12.1 Å². The molecule has 0 unspecified atom stereocenters. The molecule has 0 spiro atoms. The van der Waals surface area contributed by atoms with E-state index in [1.54, 1.807) is 0 Å². The zero-order valence-corrected chi connectivity index (χ0v) is 8.68. The second-order valence-corrected chi connectivity index (χ2v) is 3.26. The number of para-hydroxylation sites is 1. The number of nitrogens with two attached hydrogens (primary N) is 1. The highest BCUT2D eigenvalue weighted by Crippen LogP contribution is 2.19. The van der Waals surface area contributed by atoms with Crippen LogP contribution in [-0.2, 0) is 11.3 Å². The van der Waals surface area contributed by atoms with Crippen LogP contribution in [0.4, 0.5) is 5.82 Å². The van der Waals surface area contributed by atoms with Crippen LogP contribution < -0.4 is 11.1 Å². The molecular formula is C11H12N4O. The summed E-state index contributed by atoms with van der Waals surface area (Å²) >= 11 is 0. The highest BCUT2D eigenvalue weighted by atomic mass is 16.1. The van der Waals surface area contributed by atoms with Crippen molar-refractivity contribution in [3.8, 4) is 0 Å². The highest BCUT2D eigenvalue weighted by Gasteiger charge is 2.05. The lowest BCUT2D eigenvalue weighted by atomic mass is 10.2. The Bertz CT molecular complexity index is 512. The monoisotopic (exact) mass is 216 g/mol. The molecule has 1 aromatic heterocycles. The van der Waals surface area contributed by atoms with Gasteiger partial charge in [0, 0.05) is 5.39 Å². The molecule has 1 heterocycles. The van der Waals surface area contributed by atoms with Gasteiger partial charge >= 0.3 is 0 Å². The number of carbonyl (C=O) groups is 1. The van der Waals surface area contributed by atoms with Crippen LogP contribution in [0.15, 0.2) is 24.3 Å². The van der Waals surface area contributed by atoms with Crippen molar-refractivity contribution in [2.24, 2.45) is 5.73 Å². The van der Waals surface area contributed by atoms with Crippen molar-refractivity contribution in [3.05, 3.63) is 30.1 Å². The Morgan fingerprint density at radius 1 is 1.31 bits per heavy atom. The summed E-state index contributed by atoms with van der Waals surface area (Å²) in [4.78, 5) is 18.9. The molecule has 5 nitrogen and oxygen atoms in total. The maximum absolute atomic E-state index is 10.3. The first kappa shape index (κ1) is 10.5. The number of rotatable bonds is 4. The lowest BCUT2D eigenvalue weighted by molar-refractivity contribution is -0.106. The summed E-state index contributed by atoms with van der Waals surface area (Å²) in [7, 11) is 0. The van der Waals surface area contributed by atoms with Gasteiger partial charge in [-0.15, -0.1) is 0 Å². The number of anilines is 1. The van der Waals surface area contributed by atoms with E-state index < -0.39 is 0 Å². The smallest absolute Gasteiger partial charge is 0.144 e. The van der Waals surface area contributed by atoms with Crippen LogP contribution in [0.25, 0.3) is 10.9 Å². The molecule has 0 fully saturated rings. The van der Waals surface area contributed by atoms with Gasteiger partial charge in [0.05, 0.1) is 18.6 Å². The number of fused-ring (bicyclic) bond motifs is 1. The Labute approximate surface area is 92.7 Å². The molecule has 2 rings (SSSR count). The van der Waals surface area contributed by atoms with Gasteiger partial charge in [0.2, 0.25) is 0 Å². The number of aldehydes is 1. The second-order valence-electron chi connectivity index (χ2n) is 3.26. The topological polar surface area (TPSA) is 80.9 Å². The first-order valence-corrected chi connectivity index (χ1v) is 4.98. The van der Waals surface area contributed by atoms with Gasteiger partial charge < -0.3 is 15.8 Å². The van der Waals surface area contributed by atoms with E-state index in [-0.39, 0.29) is 13.1 Å². The lowest BCUT2D eigenvalue weighted by Crippen LogP contribution is -2.09. The van der Waals surface area contributed by atoms with Crippen LogP contribution in [0.5, 0.6) is 0 Å². The summed E-state index contributed by atoms with van der Waals surface area (Å²) in [6.07, 6.45) is 0.791. The van der Waals surface area contributed by atoms with Gasteiger partial charge in [-0.2, -0.15) is 0 Å². The normalized spacial score (nSPS) is 10.3. The van der Waals surface area contributed by atoms with E-state index in [1.165, 1.54) is 0 Å². The molecule has 0 saturated heterocycles. The minimum atomic E-state index is 0.227. The number of nitrogens with zero attached hydrogens (tertiary/aromatic N) is 2. The molecule has 0 saturated carbocycles. The van der Waals surface area contributed by atoms with E-state index in [9.17, 15) is 4.79 Å². The van der Waals surface area contributed by atoms with Gasteiger partial charge in [0.25, 0.3) is 0 Å². The third-order valence-corrected chi connectivity index (χ3v) is 2.18. The van der Waals surface area contributed by atoms with Crippen molar-refractivity contribution >= 4 is 23.0 Å². The average Bonchev–Trinajstić information content (AvgIpc) is 2.35. The molecule has 0 atom stereocenters. The van der Waals surface area contributed by atoms with E-state index in [0.29, 0.717) is 11.6 Å². The standard InChI is InChI=1S/C11H12N4O/c12-7-10-14-9-4-2-1-3-8(9)11(15-10)13-5-6-16/h1-4,6H,5,7,12H2,(H,13,14,15). The first-order chi connectivity index (χ1) is 7.85. The number of aromatic nitrogens is 2. The molecule has 2 aromatic rings. The number of hydrogen-bond acceptors (Lipinski definition) is 5. The fraction of sp³-hybridized carbons (Fsp3) is 0.182. The van der Waals surface area contributed by atoms with Crippen LogP contribution in [0.2, 0.25) is 0 Å². The minimum Gasteiger partial charge on any atom is -0.363 e. The molecule has 5 heteroatoms. The SMILES string of the molecule is NCc1nc(NCC=O)c2ccccc2n1. The molecule has 0 aliphatic carbocycles. The maximum atomic E-state index is 10.3. The predicted molar refractivity (Wildman–Crippen MR) is 62.0 cm³/mol. The van der Waals surface area contributed by atoms with E-state index in [4.69, 9.17) is 5.73 Å². The predicted octanol–water partition coefficient (Wildman–Crippen LogP) is 0.699. The molecule has 1 aromatic carbocycles. The molecule has 16 heavy (non-hydrogen) atoms. The van der Waals surface area contributed by atoms with Gasteiger partial charge in [-0.1, -0.05) is 12.1 Å². The van der Waals surface area contributed by atoms with Gasteiger partial charge in [0.1, 0.15) is 17.9 Å². The fourth-order valence-electron chi connectivity index (χ4n) is 1.49. The summed E-state index contributed by atoms with van der Waals surface area (Å²) in [6.45, 7) is 0.506. The molecule has 0 radical (unpaired) electrons. The van der Waals surface area contributed by atoms with E-state index in [0.717, 1.165) is 17.2 Å². The van der Waals surface area contributed by atoms with Gasteiger partial charge in [0.15, 0.2) is 0 Å². The second kappa shape index (κ2) is 4.67. The maximum Gasteiger partial charge on any atom is 0.144 e. The summed E-state index contributed by atoms with van der Waals surface area (Å²) in [5.74, 6) is 1.21. The Hall–Kier alpha value is -2.01. The van der Waals surface area contributed by atoms with Crippen molar-refractivity contribution in [1.82, 2.24) is 9.97 Å². The third-order valence-electron chi connectivity index (χ3n) is 2.18. The number of benzene rings is 1. The summed E-state index contributed by atoms with van der Waals surface area (Å²) < 4.78 is 0.